The molecule has 0 unspecified atom stereocenters. The summed E-state index contributed by atoms with van der Waals surface area (Å²) in [6.07, 6.45) is -0.126. The quantitative estimate of drug-likeness (QED) is 0.609. The summed E-state index contributed by atoms with van der Waals surface area (Å²) in [5.74, 6) is 0. The van der Waals surface area contributed by atoms with E-state index in [9.17, 15) is 10.1 Å². The van der Waals surface area contributed by atoms with Crippen molar-refractivity contribution in [2.24, 2.45) is 0 Å². The second kappa shape index (κ2) is 6.32. The number of rotatable bonds is 4. The van der Waals surface area contributed by atoms with Crippen LogP contribution in [0.3, 0.4) is 0 Å². The first-order valence-corrected chi connectivity index (χ1v) is 6.19. The molecule has 1 fully saturated rings. The van der Waals surface area contributed by atoms with Gasteiger partial charge in [0.2, 0.25) is 0 Å². The Kier molecular flexibility index (Phi) is 4.50. The maximum absolute atomic E-state index is 11.1. The number of anilines is 1. The van der Waals surface area contributed by atoms with E-state index in [0.717, 1.165) is 0 Å². The molecule has 0 bridgehead atoms. The monoisotopic (exact) mass is 277 g/mol. The Hall–Kier alpha value is -2.17. The number of methoxy groups -OCH3 is 1. The third kappa shape index (κ3) is 3.04. The largest absolute Gasteiger partial charge is 0.382 e. The van der Waals surface area contributed by atoms with Gasteiger partial charge in [-0.2, -0.15) is 5.26 Å². The summed E-state index contributed by atoms with van der Waals surface area (Å²) in [5, 5.41) is 20.1. The molecule has 1 saturated heterocycles. The lowest BCUT2D eigenvalue weighted by Crippen LogP contribution is -2.44. The van der Waals surface area contributed by atoms with Crippen molar-refractivity contribution in [3.8, 4) is 6.07 Å². The van der Waals surface area contributed by atoms with Gasteiger partial charge in [0.25, 0.3) is 5.69 Å². The Bertz CT molecular complexity index is 539. The molecule has 20 heavy (non-hydrogen) atoms. The molecule has 0 spiro atoms. The molecule has 1 atom stereocenters. The summed E-state index contributed by atoms with van der Waals surface area (Å²) in [4.78, 5) is 12.5. The van der Waals surface area contributed by atoms with Crippen LogP contribution in [-0.4, -0.2) is 44.4 Å². The minimum absolute atomic E-state index is 0.00191. The highest BCUT2D eigenvalue weighted by atomic mass is 16.6. The molecule has 106 valence electrons. The Labute approximate surface area is 116 Å². The van der Waals surface area contributed by atoms with E-state index < -0.39 is 4.92 Å². The van der Waals surface area contributed by atoms with Gasteiger partial charge in [0.1, 0.15) is 5.69 Å². The van der Waals surface area contributed by atoms with Crippen LogP contribution in [0.4, 0.5) is 11.4 Å². The molecule has 0 N–H and O–H groups in total. The SMILES string of the molecule is COC[C@@H]1CN(c2cc(C#N)ccc2[N+](=O)[O-])CCO1. The molecule has 0 radical (unpaired) electrons. The molecule has 0 aliphatic carbocycles. The van der Waals surface area contributed by atoms with Crippen LogP contribution < -0.4 is 4.90 Å². The van der Waals surface area contributed by atoms with Crippen LogP contribution in [0.25, 0.3) is 0 Å². The predicted molar refractivity (Wildman–Crippen MR) is 71.6 cm³/mol. The highest BCUT2D eigenvalue weighted by molar-refractivity contribution is 5.66. The predicted octanol–water partition coefficient (Wildman–Crippen LogP) is 1.32. The molecule has 2 rings (SSSR count). The standard InChI is InChI=1S/C13H15N3O4/c1-19-9-11-8-15(4-5-20-11)13-6-10(7-14)2-3-12(13)16(17)18/h2-3,6,11H,4-5,8-9H2,1H3/t11-/m0/s1. The third-order valence-corrected chi connectivity index (χ3v) is 3.13. The zero-order chi connectivity index (χ0) is 14.5. The van der Waals surface area contributed by atoms with Crippen LogP contribution in [0.15, 0.2) is 18.2 Å². The van der Waals surface area contributed by atoms with Crippen LogP contribution >= 0.6 is 0 Å². The summed E-state index contributed by atoms with van der Waals surface area (Å²) >= 11 is 0. The zero-order valence-electron chi connectivity index (χ0n) is 11.1. The number of nitriles is 1. The van der Waals surface area contributed by atoms with E-state index in [1.54, 1.807) is 13.2 Å². The first-order chi connectivity index (χ1) is 9.65. The minimum Gasteiger partial charge on any atom is -0.382 e. The minimum atomic E-state index is -0.433. The van der Waals surface area contributed by atoms with Crippen LogP contribution in [0, 0.1) is 21.4 Å². The van der Waals surface area contributed by atoms with Crippen molar-refractivity contribution in [3.63, 3.8) is 0 Å². The second-order valence-corrected chi connectivity index (χ2v) is 4.47. The van der Waals surface area contributed by atoms with Gasteiger partial charge in [0, 0.05) is 26.3 Å². The van der Waals surface area contributed by atoms with E-state index in [1.807, 2.05) is 11.0 Å². The number of nitrogens with zero attached hydrogens (tertiary/aromatic N) is 3. The molecular formula is C13H15N3O4. The number of nitro groups is 1. The van der Waals surface area contributed by atoms with Crippen molar-refractivity contribution in [2.75, 3.05) is 38.3 Å². The molecule has 0 amide bonds. The number of hydrogen-bond donors (Lipinski definition) is 0. The van der Waals surface area contributed by atoms with Gasteiger partial charge in [0.15, 0.2) is 0 Å². The van der Waals surface area contributed by atoms with E-state index in [1.165, 1.54) is 12.1 Å². The average Bonchev–Trinajstić information content (AvgIpc) is 2.47. The maximum Gasteiger partial charge on any atom is 0.292 e. The Morgan fingerprint density at radius 3 is 3.10 bits per heavy atom. The van der Waals surface area contributed by atoms with Gasteiger partial charge in [-0.3, -0.25) is 10.1 Å². The average molecular weight is 277 g/mol. The second-order valence-electron chi connectivity index (χ2n) is 4.47. The van der Waals surface area contributed by atoms with Crippen molar-refractivity contribution in [3.05, 3.63) is 33.9 Å². The molecule has 1 aliphatic rings. The van der Waals surface area contributed by atoms with Gasteiger partial charge in [-0.25, -0.2) is 0 Å². The zero-order valence-corrected chi connectivity index (χ0v) is 11.1. The number of hydrogen-bond acceptors (Lipinski definition) is 6. The molecule has 1 aromatic rings. The van der Waals surface area contributed by atoms with Gasteiger partial charge < -0.3 is 14.4 Å². The Morgan fingerprint density at radius 1 is 1.65 bits per heavy atom. The molecular weight excluding hydrogens is 262 g/mol. The van der Waals surface area contributed by atoms with Crippen LogP contribution in [0.2, 0.25) is 0 Å². The van der Waals surface area contributed by atoms with Gasteiger partial charge in [-0.15, -0.1) is 0 Å². The van der Waals surface area contributed by atoms with Crippen LogP contribution in [-0.2, 0) is 9.47 Å². The van der Waals surface area contributed by atoms with Crippen LogP contribution in [0.5, 0.6) is 0 Å². The van der Waals surface area contributed by atoms with Gasteiger partial charge in [0.05, 0.1) is 35.9 Å². The molecule has 1 aliphatic heterocycles. The summed E-state index contributed by atoms with van der Waals surface area (Å²) < 4.78 is 10.6. The van der Waals surface area contributed by atoms with Gasteiger partial charge in [-0.1, -0.05) is 0 Å². The first-order valence-electron chi connectivity index (χ1n) is 6.19. The summed E-state index contributed by atoms with van der Waals surface area (Å²) in [5.41, 5.74) is 0.862. The fourth-order valence-corrected chi connectivity index (χ4v) is 2.23. The highest BCUT2D eigenvalue weighted by Gasteiger charge is 2.26. The van der Waals surface area contributed by atoms with Gasteiger partial charge >= 0.3 is 0 Å². The normalized spacial score (nSPS) is 18.6. The highest BCUT2D eigenvalue weighted by Crippen LogP contribution is 2.30. The summed E-state index contributed by atoms with van der Waals surface area (Å²) in [7, 11) is 1.58. The van der Waals surface area contributed by atoms with Crippen molar-refractivity contribution >= 4 is 11.4 Å². The molecule has 1 heterocycles. The fraction of sp³-hybridized carbons (Fsp3) is 0.462. The summed E-state index contributed by atoms with van der Waals surface area (Å²) in [6.45, 7) is 1.96. The topological polar surface area (TPSA) is 88.6 Å². The number of morpholine rings is 1. The van der Waals surface area contributed by atoms with E-state index in [2.05, 4.69) is 0 Å². The smallest absolute Gasteiger partial charge is 0.292 e. The number of ether oxygens (including phenoxy) is 2. The lowest BCUT2D eigenvalue weighted by molar-refractivity contribution is -0.384. The van der Waals surface area contributed by atoms with Crippen LogP contribution in [0.1, 0.15) is 5.56 Å². The van der Waals surface area contributed by atoms with E-state index in [4.69, 9.17) is 14.7 Å². The molecule has 7 nitrogen and oxygen atoms in total. The van der Waals surface area contributed by atoms with Gasteiger partial charge in [-0.05, 0) is 12.1 Å². The molecule has 7 heteroatoms. The number of nitro benzene ring substituents is 1. The van der Waals surface area contributed by atoms with E-state index in [0.29, 0.717) is 37.6 Å². The first kappa shape index (κ1) is 14.2. The fourth-order valence-electron chi connectivity index (χ4n) is 2.23. The molecule has 1 aromatic carbocycles. The lowest BCUT2D eigenvalue weighted by atomic mass is 10.1. The van der Waals surface area contributed by atoms with Crippen molar-refractivity contribution in [1.82, 2.24) is 0 Å². The van der Waals surface area contributed by atoms with Crippen molar-refractivity contribution in [1.29, 1.82) is 5.26 Å². The Morgan fingerprint density at radius 2 is 2.45 bits per heavy atom. The third-order valence-electron chi connectivity index (χ3n) is 3.13. The molecule has 0 aromatic heterocycles. The summed E-state index contributed by atoms with van der Waals surface area (Å²) in [6, 6.07) is 6.38. The van der Waals surface area contributed by atoms with Crippen molar-refractivity contribution < 1.29 is 14.4 Å². The van der Waals surface area contributed by atoms with E-state index in [-0.39, 0.29) is 11.8 Å². The van der Waals surface area contributed by atoms with Crippen molar-refractivity contribution in [2.45, 2.75) is 6.10 Å². The maximum atomic E-state index is 11.1. The Balaban J connectivity index is 2.30. The van der Waals surface area contributed by atoms with E-state index >= 15 is 0 Å². The number of benzene rings is 1. The lowest BCUT2D eigenvalue weighted by Gasteiger charge is -2.33. The molecule has 0 saturated carbocycles.